The Bertz CT molecular complexity index is 191. The summed E-state index contributed by atoms with van der Waals surface area (Å²) in [6, 6.07) is 0. The third-order valence-electron chi connectivity index (χ3n) is 2.36. The van der Waals surface area contributed by atoms with Crippen LogP contribution >= 0.6 is 0 Å². The van der Waals surface area contributed by atoms with E-state index < -0.39 is 6.29 Å². The summed E-state index contributed by atoms with van der Waals surface area (Å²) in [6.45, 7) is 0. The van der Waals surface area contributed by atoms with Crippen LogP contribution in [0.1, 0.15) is 25.7 Å². The van der Waals surface area contributed by atoms with Crippen molar-refractivity contribution in [3.05, 3.63) is 0 Å². The van der Waals surface area contributed by atoms with E-state index in [-0.39, 0.29) is 18.2 Å². The smallest absolute Gasteiger partial charge is 0.306 e. The number of ether oxygens (including phenoxy) is 2. The van der Waals surface area contributed by atoms with Crippen LogP contribution in [0, 0.1) is 0 Å². The van der Waals surface area contributed by atoms with Crippen LogP contribution < -0.4 is 0 Å². The van der Waals surface area contributed by atoms with Gasteiger partial charge in [-0.3, -0.25) is 4.79 Å². The molecule has 0 spiro atoms. The van der Waals surface area contributed by atoms with E-state index in [1.165, 1.54) is 0 Å². The molecule has 1 N–H and O–H groups in total. The standard InChI is InChI=1S/C8H12O4/c9-7-3-1-5(11-7)6-2-4-8(10)12-6/h5-7,9H,1-4H2/t5-,6+,7?/m0/s1. The van der Waals surface area contributed by atoms with Crippen LogP contribution in [0.2, 0.25) is 0 Å². The summed E-state index contributed by atoms with van der Waals surface area (Å²) in [5.41, 5.74) is 0. The predicted octanol–water partition coefficient (Wildman–Crippen LogP) is 0.189. The molecular weight excluding hydrogens is 160 g/mol. The van der Waals surface area contributed by atoms with Gasteiger partial charge < -0.3 is 14.6 Å². The van der Waals surface area contributed by atoms with E-state index in [1.54, 1.807) is 0 Å². The van der Waals surface area contributed by atoms with Gasteiger partial charge in [-0.15, -0.1) is 0 Å². The molecule has 2 rings (SSSR count). The molecule has 4 heteroatoms. The van der Waals surface area contributed by atoms with Crippen molar-refractivity contribution in [2.24, 2.45) is 0 Å². The second-order valence-corrected chi connectivity index (χ2v) is 3.27. The van der Waals surface area contributed by atoms with Crippen LogP contribution in [0.4, 0.5) is 0 Å². The van der Waals surface area contributed by atoms with Gasteiger partial charge in [0.15, 0.2) is 6.29 Å². The van der Waals surface area contributed by atoms with Crippen LogP contribution in [0.3, 0.4) is 0 Å². The summed E-state index contributed by atoms with van der Waals surface area (Å²) < 4.78 is 10.2. The Morgan fingerprint density at radius 1 is 1.25 bits per heavy atom. The van der Waals surface area contributed by atoms with Crippen molar-refractivity contribution in [1.82, 2.24) is 0 Å². The molecular formula is C8H12O4. The summed E-state index contributed by atoms with van der Waals surface area (Å²) in [5.74, 6) is -0.148. The number of aliphatic hydroxyl groups is 1. The lowest BCUT2D eigenvalue weighted by molar-refractivity contribution is -0.154. The predicted molar refractivity (Wildman–Crippen MR) is 39.2 cm³/mol. The zero-order valence-electron chi connectivity index (χ0n) is 6.73. The average Bonchev–Trinajstić information content (AvgIpc) is 2.58. The minimum atomic E-state index is -0.658. The SMILES string of the molecule is O=C1CC[C@H]([C@@H]2CCC(O)O2)O1. The molecule has 2 aliphatic heterocycles. The number of aliphatic hydroxyl groups excluding tert-OH is 1. The van der Waals surface area contributed by atoms with Gasteiger partial charge in [-0.2, -0.15) is 0 Å². The molecule has 0 aromatic heterocycles. The van der Waals surface area contributed by atoms with Crippen LogP contribution in [0.15, 0.2) is 0 Å². The van der Waals surface area contributed by atoms with Gasteiger partial charge in [-0.05, 0) is 12.8 Å². The molecule has 0 saturated carbocycles. The molecule has 2 saturated heterocycles. The van der Waals surface area contributed by atoms with E-state index in [4.69, 9.17) is 14.6 Å². The lowest BCUT2D eigenvalue weighted by Gasteiger charge is -2.16. The summed E-state index contributed by atoms with van der Waals surface area (Å²) in [4.78, 5) is 10.8. The lowest BCUT2D eigenvalue weighted by atomic mass is 10.1. The molecule has 0 amide bonds. The van der Waals surface area contributed by atoms with E-state index in [2.05, 4.69) is 0 Å². The quantitative estimate of drug-likeness (QED) is 0.573. The number of hydrogen-bond acceptors (Lipinski definition) is 4. The van der Waals surface area contributed by atoms with Gasteiger partial charge >= 0.3 is 5.97 Å². The van der Waals surface area contributed by atoms with Gasteiger partial charge in [0.05, 0.1) is 6.10 Å². The maximum atomic E-state index is 10.8. The fourth-order valence-electron chi connectivity index (χ4n) is 1.73. The fourth-order valence-corrected chi connectivity index (χ4v) is 1.73. The topological polar surface area (TPSA) is 55.8 Å². The number of rotatable bonds is 1. The van der Waals surface area contributed by atoms with E-state index >= 15 is 0 Å². The largest absolute Gasteiger partial charge is 0.460 e. The maximum absolute atomic E-state index is 10.8. The van der Waals surface area contributed by atoms with E-state index in [0.29, 0.717) is 12.8 Å². The van der Waals surface area contributed by atoms with Crippen molar-refractivity contribution in [3.8, 4) is 0 Å². The molecule has 0 radical (unpaired) electrons. The number of cyclic esters (lactones) is 1. The van der Waals surface area contributed by atoms with Crippen molar-refractivity contribution >= 4 is 5.97 Å². The molecule has 12 heavy (non-hydrogen) atoms. The van der Waals surface area contributed by atoms with E-state index in [1.807, 2.05) is 0 Å². The number of esters is 1. The van der Waals surface area contributed by atoms with Gasteiger partial charge in [-0.25, -0.2) is 0 Å². The Labute approximate surface area is 70.5 Å². The van der Waals surface area contributed by atoms with Gasteiger partial charge in [0, 0.05) is 12.8 Å². The summed E-state index contributed by atoms with van der Waals surface area (Å²) >= 11 is 0. The first kappa shape index (κ1) is 8.01. The first-order chi connectivity index (χ1) is 5.75. The normalized spacial score (nSPS) is 41.8. The number of carbonyl (C=O) groups excluding carboxylic acids is 1. The number of carbonyl (C=O) groups is 1. The molecule has 3 atom stereocenters. The van der Waals surface area contributed by atoms with E-state index in [0.717, 1.165) is 12.8 Å². The van der Waals surface area contributed by atoms with Crippen molar-refractivity contribution in [3.63, 3.8) is 0 Å². The lowest BCUT2D eigenvalue weighted by Crippen LogP contribution is -2.26. The maximum Gasteiger partial charge on any atom is 0.306 e. The molecule has 0 aromatic carbocycles. The van der Waals surface area contributed by atoms with Crippen LogP contribution in [0.5, 0.6) is 0 Å². The monoisotopic (exact) mass is 172 g/mol. The Balaban J connectivity index is 1.89. The highest BCUT2D eigenvalue weighted by atomic mass is 16.6. The Kier molecular flexibility index (Phi) is 2.02. The summed E-state index contributed by atoms with van der Waals surface area (Å²) in [5, 5.41) is 9.06. The zero-order valence-corrected chi connectivity index (χ0v) is 6.73. The molecule has 4 nitrogen and oxygen atoms in total. The second-order valence-electron chi connectivity index (χ2n) is 3.27. The van der Waals surface area contributed by atoms with Gasteiger partial charge in [0.2, 0.25) is 0 Å². The molecule has 0 aromatic rings. The first-order valence-corrected chi connectivity index (χ1v) is 4.29. The minimum Gasteiger partial charge on any atom is -0.460 e. The van der Waals surface area contributed by atoms with Crippen LogP contribution in [0.25, 0.3) is 0 Å². The minimum absolute atomic E-state index is 0.0774. The fraction of sp³-hybridized carbons (Fsp3) is 0.875. The molecule has 2 heterocycles. The first-order valence-electron chi connectivity index (χ1n) is 4.29. The third-order valence-corrected chi connectivity index (χ3v) is 2.36. The molecule has 2 fully saturated rings. The Morgan fingerprint density at radius 2 is 2.08 bits per heavy atom. The van der Waals surface area contributed by atoms with Crippen molar-refractivity contribution < 1.29 is 19.4 Å². The molecule has 68 valence electrons. The Hall–Kier alpha value is -0.610. The van der Waals surface area contributed by atoms with Crippen LogP contribution in [-0.4, -0.2) is 29.6 Å². The molecule has 1 unspecified atom stereocenters. The van der Waals surface area contributed by atoms with Gasteiger partial charge in [0.1, 0.15) is 6.10 Å². The van der Waals surface area contributed by atoms with Crippen molar-refractivity contribution in [1.29, 1.82) is 0 Å². The molecule has 0 bridgehead atoms. The average molecular weight is 172 g/mol. The third kappa shape index (κ3) is 1.44. The Morgan fingerprint density at radius 3 is 2.58 bits per heavy atom. The van der Waals surface area contributed by atoms with Crippen molar-refractivity contribution in [2.75, 3.05) is 0 Å². The van der Waals surface area contributed by atoms with Crippen molar-refractivity contribution in [2.45, 2.75) is 44.2 Å². The highest BCUT2D eigenvalue weighted by Gasteiger charge is 2.36. The molecule has 0 aliphatic carbocycles. The van der Waals surface area contributed by atoms with Gasteiger partial charge in [0.25, 0.3) is 0 Å². The second kappa shape index (κ2) is 3.03. The zero-order chi connectivity index (χ0) is 8.55. The van der Waals surface area contributed by atoms with Crippen LogP contribution in [-0.2, 0) is 14.3 Å². The highest BCUT2D eigenvalue weighted by molar-refractivity contribution is 5.71. The summed E-state index contributed by atoms with van der Waals surface area (Å²) in [6.07, 6.45) is 1.81. The highest BCUT2D eigenvalue weighted by Crippen LogP contribution is 2.27. The molecule has 2 aliphatic rings. The number of hydrogen-bond donors (Lipinski definition) is 1. The van der Waals surface area contributed by atoms with E-state index in [9.17, 15) is 4.79 Å². The van der Waals surface area contributed by atoms with Gasteiger partial charge in [-0.1, -0.05) is 0 Å². The summed E-state index contributed by atoms with van der Waals surface area (Å²) in [7, 11) is 0.